The lowest BCUT2D eigenvalue weighted by molar-refractivity contribution is -0.138. The van der Waals surface area contributed by atoms with Crippen molar-refractivity contribution in [1.29, 1.82) is 0 Å². The molecule has 2 aliphatic heterocycles. The van der Waals surface area contributed by atoms with Crippen molar-refractivity contribution in [2.75, 3.05) is 0 Å². The number of piperidine rings is 1. The molecule has 30 heavy (non-hydrogen) atoms. The molecule has 1 aromatic carbocycles. The zero-order valence-corrected chi connectivity index (χ0v) is 17.5. The van der Waals surface area contributed by atoms with Gasteiger partial charge in [-0.05, 0) is 37.3 Å². The van der Waals surface area contributed by atoms with E-state index in [-0.39, 0.29) is 35.9 Å². The SMILES string of the molecule is CC(C)(C)c1cn(C2CC3CCC(C2)N3C(=O)Cc2cccc(C(F)(F)F)c2)nn1. The molecule has 5 nitrogen and oxygen atoms in total. The second-order valence-corrected chi connectivity index (χ2v) is 9.52. The van der Waals surface area contributed by atoms with E-state index >= 15 is 0 Å². The van der Waals surface area contributed by atoms with Crippen LogP contribution in [0.25, 0.3) is 0 Å². The molecular weight excluding hydrogens is 393 g/mol. The van der Waals surface area contributed by atoms with Gasteiger partial charge in [-0.2, -0.15) is 13.2 Å². The average Bonchev–Trinajstić information content (AvgIpc) is 3.24. The second kappa shape index (κ2) is 7.39. The van der Waals surface area contributed by atoms with Gasteiger partial charge in [0.1, 0.15) is 0 Å². The number of hydrogen-bond donors (Lipinski definition) is 0. The number of aromatic nitrogens is 3. The first-order chi connectivity index (χ1) is 14.0. The summed E-state index contributed by atoms with van der Waals surface area (Å²) in [4.78, 5) is 14.9. The summed E-state index contributed by atoms with van der Waals surface area (Å²) in [6, 6.07) is 5.48. The molecule has 2 atom stereocenters. The number of benzene rings is 1. The summed E-state index contributed by atoms with van der Waals surface area (Å²) in [5, 5.41) is 8.64. The van der Waals surface area contributed by atoms with Crippen molar-refractivity contribution < 1.29 is 18.0 Å². The molecule has 162 valence electrons. The molecule has 0 N–H and O–H groups in total. The Morgan fingerprint density at radius 3 is 2.33 bits per heavy atom. The summed E-state index contributed by atoms with van der Waals surface area (Å²) in [5.41, 5.74) is 0.564. The minimum absolute atomic E-state index is 0.000908. The van der Waals surface area contributed by atoms with Crippen LogP contribution in [0.1, 0.15) is 69.3 Å². The summed E-state index contributed by atoms with van der Waals surface area (Å²) >= 11 is 0. The van der Waals surface area contributed by atoms with Crippen LogP contribution in [0.4, 0.5) is 13.2 Å². The van der Waals surface area contributed by atoms with Gasteiger partial charge >= 0.3 is 6.18 Å². The molecule has 2 aliphatic rings. The quantitative estimate of drug-likeness (QED) is 0.733. The summed E-state index contributed by atoms with van der Waals surface area (Å²) in [6.45, 7) is 6.29. The number of carbonyl (C=O) groups excluding carboxylic acids is 1. The minimum atomic E-state index is -4.40. The van der Waals surface area contributed by atoms with Gasteiger partial charge in [0.15, 0.2) is 0 Å². The Morgan fingerprint density at radius 1 is 1.10 bits per heavy atom. The topological polar surface area (TPSA) is 51.0 Å². The third kappa shape index (κ3) is 4.09. The molecular formula is C22H27F3N4O. The van der Waals surface area contributed by atoms with Crippen LogP contribution in [0.15, 0.2) is 30.5 Å². The van der Waals surface area contributed by atoms with Gasteiger partial charge in [-0.3, -0.25) is 4.79 Å². The zero-order valence-electron chi connectivity index (χ0n) is 17.5. The van der Waals surface area contributed by atoms with Crippen molar-refractivity contribution in [2.24, 2.45) is 0 Å². The predicted molar refractivity (Wildman–Crippen MR) is 106 cm³/mol. The van der Waals surface area contributed by atoms with E-state index in [9.17, 15) is 18.0 Å². The number of hydrogen-bond acceptors (Lipinski definition) is 3. The van der Waals surface area contributed by atoms with Gasteiger partial charge in [-0.1, -0.05) is 44.2 Å². The molecule has 2 bridgehead atoms. The van der Waals surface area contributed by atoms with Crippen LogP contribution in [0.2, 0.25) is 0 Å². The molecule has 0 aliphatic carbocycles. The maximum absolute atomic E-state index is 13.0. The smallest absolute Gasteiger partial charge is 0.336 e. The molecule has 8 heteroatoms. The van der Waals surface area contributed by atoms with Crippen LogP contribution in [0.5, 0.6) is 0 Å². The fourth-order valence-electron chi connectivity index (χ4n) is 4.69. The minimum Gasteiger partial charge on any atom is -0.336 e. The molecule has 2 fully saturated rings. The maximum Gasteiger partial charge on any atom is 0.416 e. The molecule has 3 heterocycles. The zero-order chi connectivity index (χ0) is 21.7. The highest BCUT2D eigenvalue weighted by molar-refractivity contribution is 5.80. The molecule has 0 radical (unpaired) electrons. The molecule has 1 amide bonds. The first kappa shape index (κ1) is 20.9. The monoisotopic (exact) mass is 420 g/mol. The van der Waals surface area contributed by atoms with E-state index in [4.69, 9.17) is 0 Å². The van der Waals surface area contributed by atoms with Crippen LogP contribution >= 0.6 is 0 Å². The normalized spacial score (nSPS) is 24.3. The Bertz CT molecular complexity index is 917. The lowest BCUT2D eigenvalue weighted by atomic mass is 9.92. The number of nitrogens with zero attached hydrogens (tertiary/aromatic N) is 4. The highest BCUT2D eigenvalue weighted by Crippen LogP contribution is 2.41. The number of carbonyl (C=O) groups is 1. The Labute approximate surface area is 174 Å². The molecule has 2 saturated heterocycles. The first-order valence-electron chi connectivity index (χ1n) is 10.4. The van der Waals surface area contributed by atoms with Crippen LogP contribution in [0.3, 0.4) is 0 Å². The van der Waals surface area contributed by atoms with Gasteiger partial charge in [0.05, 0.1) is 23.7 Å². The van der Waals surface area contributed by atoms with E-state index in [1.165, 1.54) is 6.07 Å². The van der Waals surface area contributed by atoms with Crippen LogP contribution in [0, 0.1) is 0 Å². The number of rotatable bonds is 3. The van der Waals surface area contributed by atoms with Gasteiger partial charge < -0.3 is 4.90 Å². The molecule has 2 aromatic rings. The first-order valence-corrected chi connectivity index (χ1v) is 10.4. The molecule has 0 saturated carbocycles. The standard InChI is InChI=1S/C22H27F3N4O/c1-21(2,3)19-13-28(27-26-19)18-11-16-7-8-17(12-18)29(16)20(30)10-14-5-4-6-15(9-14)22(23,24)25/h4-6,9,13,16-18H,7-8,10-12H2,1-3H3. The van der Waals surface area contributed by atoms with Crippen molar-refractivity contribution in [1.82, 2.24) is 19.9 Å². The van der Waals surface area contributed by atoms with Crippen LogP contribution < -0.4 is 0 Å². The van der Waals surface area contributed by atoms with E-state index in [2.05, 4.69) is 31.1 Å². The van der Waals surface area contributed by atoms with E-state index in [0.717, 1.165) is 43.5 Å². The number of fused-ring (bicyclic) bond motifs is 2. The van der Waals surface area contributed by atoms with Crippen molar-refractivity contribution in [3.8, 4) is 0 Å². The van der Waals surface area contributed by atoms with Crippen LogP contribution in [-0.4, -0.2) is 37.9 Å². The summed E-state index contributed by atoms with van der Waals surface area (Å²) in [7, 11) is 0. The Balaban J connectivity index is 1.45. The number of halogens is 3. The molecule has 1 aromatic heterocycles. The largest absolute Gasteiger partial charge is 0.416 e. The van der Waals surface area contributed by atoms with E-state index in [1.807, 2.05) is 15.8 Å². The highest BCUT2D eigenvalue weighted by Gasteiger charge is 2.44. The van der Waals surface area contributed by atoms with E-state index in [1.54, 1.807) is 6.07 Å². The van der Waals surface area contributed by atoms with Crippen molar-refractivity contribution in [3.63, 3.8) is 0 Å². The van der Waals surface area contributed by atoms with Crippen molar-refractivity contribution in [3.05, 3.63) is 47.3 Å². The molecule has 2 unspecified atom stereocenters. The van der Waals surface area contributed by atoms with E-state index in [0.29, 0.717) is 5.56 Å². The fraction of sp³-hybridized carbons (Fsp3) is 0.591. The fourth-order valence-corrected chi connectivity index (χ4v) is 4.69. The van der Waals surface area contributed by atoms with Crippen LogP contribution in [-0.2, 0) is 22.8 Å². The lowest BCUT2D eigenvalue weighted by Crippen LogP contribution is -2.47. The van der Waals surface area contributed by atoms with Crippen molar-refractivity contribution >= 4 is 5.91 Å². The Morgan fingerprint density at radius 2 is 1.77 bits per heavy atom. The summed E-state index contributed by atoms with van der Waals surface area (Å²) in [6.07, 6.45) is 1.06. The second-order valence-electron chi connectivity index (χ2n) is 9.52. The molecule has 0 spiro atoms. The Hall–Kier alpha value is -2.38. The highest BCUT2D eigenvalue weighted by atomic mass is 19.4. The van der Waals surface area contributed by atoms with Crippen molar-refractivity contribution in [2.45, 2.75) is 82.6 Å². The maximum atomic E-state index is 13.0. The average molecular weight is 420 g/mol. The van der Waals surface area contributed by atoms with Gasteiger partial charge in [0.2, 0.25) is 5.91 Å². The predicted octanol–water partition coefficient (Wildman–Crippen LogP) is 4.53. The summed E-state index contributed by atoms with van der Waals surface area (Å²) in [5.74, 6) is -0.0887. The Kier molecular flexibility index (Phi) is 5.14. The number of amides is 1. The lowest BCUT2D eigenvalue weighted by Gasteiger charge is -2.39. The third-order valence-corrected chi connectivity index (χ3v) is 6.26. The molecule has 4 rings (SSSR count). The summed E-state index contributed by atoms with van der Waals surface area (Å²) < 4.78 is 40.8. The van der Waals surface area contributed by atoms with Gasteiger partial charge in [0.25, 0.3) is 0 Å². The van der Waals surface area contributed by atoms with Gasteiger partial charge in [-0.15, -0.1) is 5.10 Å². The van der Waals surface area contributed by atoms with Gasteiger partial charge in [-0.25, -0.2) is 4.68 Å². The number of alkyl halides is 3. The third-order valence-electron chi connectivity index (χ3n) is 6.26. The van der Waals surface area contributed by atoms with Gasteiger partial charge in [0, 0.05) is 23.7 Å². The van der Waals surface area contributed by atoms with E-state index < -0.39 is 11.7 Å².